The van der Waals surface area contributed by atoms with Gasteiger partial charge in [0.05, 0.1) is 23.3 Å². The maximum Gasteiger partial charge on any atom is 0.335 e. The summed E-state index contributed by atoms with van der Waals surface area (Å²) in [6, 6.07) is 16.6. The topological polar surface area (TPSA) is 230 Å². The van der Waals surface area contributed by atoms with E-state index in [1.165, 1.54) is 0 Å². The molecule has 0 saturated heterocycles. The molecular formula is C31H50O12. The molecule has 2 aromatic carbocycles. The van der Waals surface area contributed by atoms with Gasteiger partial charge in [0, 0.05) is 32.0 Å². The lowest BCUT2D eigenvalue weighted by Crippen LogP contribution is -2.19. The molecule has 3 atom stereocenters. The van der Waals surface area contributed by atoms with E-state index in [9.17, 15) is 19.2 Å². The van der Waals surface area contributed by atoms with Crippen molar-refractivity contribution in [3.8, 4) is 0 Å². The Morgan fingerprint density at radius 1 is 0.628 bits per heavy atom. The van der Waals surface area contributed by atoms with Gasteiger partial charge in [-0.3, -0.25) is 9.59 Å². The van der Waals surface area contributed by atoms with Gasteiger partial charge in [0.25, 0.3) is 0 Å². The van der Waals surface area contributed by atoms with Crippen LogP contribution in [0.1, 0.15) is 87.4 Å². The van der Waals surface area contributed by atoms with Crippen molar-refractivity contribution < 1.29 is 60.0 Å². The summed E-state index contributed by atoms with van der Waals surface area (Å²) in [5.74, 6) is -3.22. The standard InChI is InChI=1S/2C7H6O2.C6H14O2.C5H12O2.2C3H6O2/c2*8-7(9)6-4-2-1-3-5-6;1-3-6(8)5(2)4-7;1-2-5(7)3-4-6;2*1-2-3(4)5/h2*1-5H,(H,8,9);5-8H,3-4H2,1-2H3;5-7H,2-4H2,1H3;2*2H2,1H3,(H,4,5). The number of aliphatic carboxylic acids is 2. The van der Waals surface area contributed by atoms with Gasteiger partial charge in [0.1, 0.15) is 0 Å². The molecule has 0 bridgehead atoms. The zero-order valence-electron chi connectivity index (χ0n) is 25.7. The van der Waals surface area contributed by atoms with Gasteiger partial charge in [-0.25, -0.2) is 9.59 Å². The van der Waals surface area contributed by atoms with Gasteiger partial charge < -0.3 is 40.9 Å². The van der Waals surface area contributed by atoms with Crippen molar-refractivity contribution in [1.29, 1.82) is 0 Å². The first-order valence-electron chi connectivity index (χ1n) is 13.8. The van der Waals surface area contributed by atoms with E-state index in [1.807, 2.05) is 20.8 Å². The van der Waals surface area contributed by atoms with E-state index < -0.39 is 23.9 Å². The smallest absolute Gasteiger partial charge is 0.335 e. The van der Waals surface area contributed by atoms with Crippen LogP contribution < -0.4 is 0 Å². The van der Waals surface area contributed by atoms with Crippen LogP contribution in [-0.2, 0) is 9.59 Å². The van der Waals surface area contributed by atoms with Crippen molar-refractivity contribution in [3.63, 3.8) is 0 Å². The SMILES string of the molecule is CCC(=O)O.CCC(=O)O.CCC(O)C(C)CO.CCC(O)CCO.O=C(O)c1ccccc1.O=C(O)c1ccccc1. The molecule has 12 heteroatoms. The Bertz CT molecular complexity index is 865. The second-order valence-corrected chi connectivity index (χ2v) is 8.55. The Morgan fingerprint density at radius 2 is 0.953 bits per heavy atom. The van der Waals surface area contributed by atoms with Gasteiger partial charge in [0.15, 0.2) is 0 Å². The van der Waals surface area contributed by atoms with Crippen LogP contribution in [0.5, 0.6) is 0 Å². The van der Waals surface area contributed by atoms with Gasteiger partial charge in [-0.1, -0.05) is 71.0 Å². The maximum absolute atomic E-state index is 10.2. The summed E-state index contributed by atoms with van der Waals surface area (Å²) in [5.41, 5.74) is 0.662. The summed E-state index contributed by atoms with van der Waals surface area (Å²) in [7, 11) is 0. The fourth-order valence-corrected chi connectivity index (χ4v) is 2.04. The molecule has 0 amide bonds. The van der Waals surface area contributed by atoms with Crippen molar-refractivity contribution in [2.24, 2.45) is 5.92 Å². The third kappa shape index (κ3) is 36.1. The number of aliphatic hydroxyl groups is 4. The number of hydrogen-bond acceptors (Lipinski definition) is 8. The fraction of sp³-hybridized carbons (Fsp3) is 0.484. The molecule has 8 N–H and O–H groups in total. The van der Waals surface area contributed by atoms with Crippen molar-refractivity contribution in [2.45, 2.75) is 78.9 Å². The van der Waals surface area contributed by atoms with E-state index in [4.69, 9.17) is 40.9 Å². The molecule has 0 aliphatic carbocycles. The van der Waals surface area contributed by atoms with Gasteiger partial charge >= 0.3 is 23.9 Å². The third-order valence-electron chi connectivity index (χ3n) is 4.94. The number of benzene rings is 2. The van der Waals surface area contributed by atoms with Crippen LogP contribution in [0.3, 0.4) is 0 Å². The lowest BCUT2D eigenvalue weighted by molar-refractivity contribution is -0.137. The second-order valence-electron chi connectivity index (χ2n) is 8.55. The Morgan fingerprint density at radius 3 is 1.07 bits per heavy atom. The van der Waals surface area contributed by atoms with Gasteiger partial charge in [-0.05, 0) is 43.5 Å². The van der Waals surface area contributed by atoms with E-state index in [0.29, 0.717) is 17.5 Å². The molecule has 2 aromatic rings. The number of carboxylic acids is 4. The van der Waals surface area contributed by atoms with Crippen LogP contribution in [-0.4, -0.2) is 90.2 Å². The summed E-state index contributed by atoms with van der Waals surface area (Å²) in [6.07, 6.45) is 1.78. The monoisotopic (exact) mass is 614 g/mol. The first kappa shape index (κ1) is 46.1. The Balaban J connectivity index is -0.000000216. The molecule has 246 valence electrons. The minimum absolute atomic E-state index is 0.0278. The van der Waals surface area contributed by atoms with Crippen LogP contribution in [0.2, 0.25) is 0 Å². The van der Waals surface area contributed by atoms with Gasteiger partial charge in [0.2, 0.25) is 0 Å². The van der Waals surface area contributed by atoms with E-state index in [-0.39, 0.29) is 44.2 Å². The van der Waals surface area contributed by atoms with Crippen molar-refractivity contribution in [1.82, 2.24) is 0 Å². The highest BCUT2D eigenvalue weighted by atomic mass is 16.4. The van der Waals surface area contributed by atoms with Crippen LogP contribution in [0.4, 0.5) is 0 Å². The van der Waals surface area contributed by atoms with E-state index in [0.717, 1.165) is 12.8 Å². The van der Waals surface area contributed by atoms with Gasteiger partial charge in [-0.15, -0.1) is 0 Å². The molecule has 12 nitrogen and oxygen atoms in total. The second kappa shape index (κ2) is 32.7. The normalized spacial score (nSPS) is 11.1. The first-order valence-corrected chi connectivity index (χ1v) is 13.8. The zero-order chi connectivity index (χ0) is 34.2. The lowest BCUT2D eigenvalue weighted by Gasteiger charge is -2.12. The maximum atomic E-state index is 10.2. The van der Waals surface area contributed by atoms with Crippen molar-refractivity contribution in [2.75, 3.05) is 13.2 Å². The number of aromatic carboxylic acids is 2. The molecule has 2 rings (SSSR count). The predicted molar refractivity (Wildman–Crippen MR) is 163 cm³/mol. The molecule has 0 saturated carbocycles. The first-order chi connectivity index (χ1) is 20.2. The van der Waals surface area contributed by atoms with E-state index >= 15 is 0 Å². The molecule has 0 aliphatic rings. The number of carboxylic acid groups (broad SMARTS) is 4. The fourth-order valence-electron chi connectivity index (χ4n) is 2.04. The Kier molecular flexibility index (Phi) is 35.0. The summed E-state index contributed by atoms with van der Waals surface area (Å²) in [4.78, 5) is 39.1. The summed E-state index contributed by atoms with van der Waals surface area (Å²) >= 11 is 0. The molecule has 3 unspecified atom stereocenters. The molecule has 0 radical (unpaired) electrons. The average Bonchev–Trinajstić information content (AvgIpc) is 3.02. The van der Waals surface area contributed by atoms with Crippen molar-refractivity contribution in [3.05, 3.63) is 71.8 Å². The van der Waals surface area contributed by atoms with Crippen LogP contribution in [0, 0.1) is 5.92 Å². The van der Waals surface area contributed by atoms with Crippen LogP contribution in [0.15, 0.2) is 60.7 Å². The highest BCUT2D eigenvalue weighted by molar-refractivity contribution is 5.87. The highest BCUT2D eigenvalue weighted by Gasteiger charge is 2.08. The molecule has 0 fully saturated rings. The van der Waals surface area contributed by atoms with Gasteiger partial charge in [-0.2, -0.15) is 0 Å². The molecule has 0 aliphatic heterocycles. The summed E-state index contributed by atoms with van der Waals surface area (Å²) in [6.45, 7) is 8.99. The molecule has 43 heavy (non-hydrogen) atoms. The average molecular weight is 615 g/mol. The largest absolute Gasteiger partial charge is 0.481 e. The Labute approximate surface area is 253 Å². The molecule has 0 spiro atoms. The molecular weight excluding hydrogens is 564 g/mol. The third-order valence-corrected chi connectivity index (χ3v) is 4.94. The Hall–Kier alpha value is -3.84. The predicted octanol–water partition coefficient (Wildman–Crippen LogP) is 4.26. The lowest BCUT2D eigenvalue weighted by atomic mass is 10.0. The number of hydrogen-bond donors (Lipinski definition) is 8. The minimum atomic E-state index is -0.879. The summed E-state index contributed by atoms with van der Waals surface area (Å²) in [5, 5.41) is 66.6. The number of aliphatic hydroxyl groups excluding tert-OH is 4. The molecule has 0 aromatic heterocycles. The quantitative estimate of drug-likeness (QED) is 0.188. The van der Waals surface area contributed by atoms with Crippen molar-refractivity contribution >= 4 is 23.9 Å². The van der Waals surface area contributed by atoms with E-state index in [1.54, 1.807) is 74.5 Å². The summed E-state index contributed by atoms with van der Waals surface area (Å²) < 4.78 is 0. The minimum Gasteiger partial charge on any atom is -0.481 e. The zero-order valence-corrected chi connectivity index (χ0v) is 25.7. The molecule has 0 heterocycles. The highest BCUT2D eigenvalue weighted by Crippen LogP contribution is 2.03. The van der Waals surface area contributed by atoms with Crippen LogP contribution in [0.25, 0.3) is 0 Å². The number of rotatable bonds is 10. The number of carbonyl (C=O) groups is 4. The van der Waals surface area contributed by atoms with E-state index in [2.05, 4.69) is 0 Å². The van der Waals surface area contributed by atoms with Crippen LogP contribution >= 0.6 is 0 Å².